The van der Waals surface area contributed by atoms with Crippen molar-refractivity contribution in [2.75, 3.05) is 13.2 Å². The van der Waals surface area contributed by atoms with Crippen LogP contribution in [0.25, 0.3) is 0 Å². The number of ether oxygens (including phenoxy) is 1. The minimum atomic E-state index is -0.444. The first-order valence-corrected chi connectivity index (χ1v) is 10.4. The molecule has 0 unspecified atom stereocenters. The zero-order chi connectivity index (χ0) is 19.8. The van der Waals surface area contributed by atoms with Gasteiger partial charge in [-0.3, -0.25) is 14.6 Å². The molecule has 1 aromatic heterocycles. The monoisotopic (exact) mass is 389 g/mol. The molecule has 154 valence electrons. The third-order valence-electron chi connectivity index (χ3n) is 5.75. The Morgan fingerprint density at radius 1 is 1.14 bits per heavy atom. The second-order valence-corrected chi connectivity index (χ2v) is 7.77. The number of hydrogen-bond donors (Lipinski definition) is 3. The van der Waals surface area contributed by atoms with E-state index < -0.39 is 6.10 Å². The molecule has 2 aliphatic rings. The molecular weight excluding hydrogens is 358 g/mol. The zero-order valence-corrected chi connectivity index (χ0v) is 16.3. The highest BCUT2D eigenvalue weighted by Crippen LogP contribution is 2.24. The van der Waals surface area contributed by atoms with Crippen molar-refractivity contribution in [3.05, 3.63) is 30.1 Å². The van der Waals surface area contributed by atoms with E-state index in [9.17, 15) is 14.7 Å². The number of aromatic nitrogens is 1. The zero-order valence-electron chi connectivity index (χ0n) is 16.3. The molecule has 3 rings (SSSR count). The fourth-order valence-corrected chi connectivity index (χ4v) is 4.11. The molecule has 0 spiro atoms. The van der Waals surface area contributed by atoms with Crippen LogP contribution in [0.3, 0.4) is 0 Å². The molecule has 0 radical (unpaired) electrons. The average molecular weight is 389 g/mol. The van der Waals surface area contributed by atoms with Gasteiger partial charge >= 0.3 is 0 Å². The van der Waals surface area contributed by atoms with Gasteiger partial charge in [0.15, 0.2) is 0 Å². The van der Waals surface area contributed by atoms with Gasteiger partial charge < -0.3 is 20.5 Å². The Kier molecular flexibility index (Phi) is 7.80. The molecular formula is C21H31N3O4. The molecule has 3 atom stereocenters. The third kappa shape index (κ3) is 5.75. The molecule has 7 heteroatoms. The summed E-state index contributed by atoms with van der Waals surface area (Å²) < 4.78 is 5.98. The summed E-state index contributed by atoms with van der Waals surface area (Å²) in [5.41, 5.74) is 0.353. The highest BCUT2D eigenvalue weighted by molar-refractivity contribution is 5.92. The average Bonchev–Trinajstić information content (AvgIpc) is 2.75. The summed E-state index contributed by atoms with van der Waals surface area (Å²) in [6, 6.07) is 4.94. The summed E-state index contributed by atoms with van der Waals surface area (Å²) in [6.45, 7) is 0.432. The van der Waals surface area contributed by atoms with Crippen LogP contribution in [0.5, 0.6) is 0 Å². The van der Waals surface area contributed by atoms with E-state index in [4.69, 9.17) is 4.74 Å². The maximum Gasteiger partial charge on any atom is 0.270 e. The summed E-state index contributed by atoms with van der Waals surface area (Å²) in [5, 5.41) is 15.6. The van der Waals surface area contributed by atoms with E-state index in [2.05, 4.69) is 15.6 Å². The molecule has 2 amide bonds. The Bertz CT molecular complexity index is 634. The maximum atomic E-state index is 12.3. The van der Waals surface area contributed by atoms with Crippen LogP contribution in [0.15, 0.2) is 24.4 Å². The first-order chi connectivity index (χ1) is 13.7. The van der Waals surface area contributed by atoms with E-state index in [0.29, 0.717) is 12.2 Å². The summed E-state index contributed by atoms with van der Waals surface area (Å²) in [4.78, 5) is 28.6. The number of nitrogens with one attached hydrogen (secondary N) is 2. The summed E-state index contributed by atoms with van der Waals surface area (Å²) in [5.74, 6) is 0.0676. The SMILES string of the molecule is O=C(N[C@@H]1CC[C@H](CCNC(=O)C2CCCCC2)O[C@H]1CO)c1ccccn1. The van der Waals surface area contributed by atoms with E-state index in [1.807, 2.05) is 0 Å². The van der Waals surface area contributed by atoms with Gasteiger partial charge in [0, 0.05) is 18.7 Å². The number of nitrogens with zero attached hydrogens (tertiary/aromatic N) is 1. The lowest BCUT2D eigenvalue weighted by atomic mass is 9.88. The van der Waals surface area contributed by atoms with Crippen LogP contribution in [-0.4, -0.2) is 53.3 Å². The number of pyridine rings is 1. The normalized spacial score (nSPS) is 25.8. The number of carbonyl (C=O) groups is 2. The number of aliphatic hydroxyl groups excluding tert-OH is 1. The van der Waals surface area contributed by atoms with Crippen LogP contribution >= 0.6 is 0 Å². The molecule has 3 N–H and O–H groups in total. The van der Waals surface area contributed by atoms with E-state index in [0.717, 1.165) is 44.9 Å². The van der Waals surface area contributed by atoms with Crippen LogP contribution in [0.4, 0.5) is 0 Å². The van der Waals surface area contributed by atoms with Crippen LogP contribution in [0, 0.1) is 5.92 Å². The largest absolute Gasteiger partial charge is 0.394 e. The summed E-state index contributed by atoms with van der Waals surface area (Å²) in [7, 11) is 0. The predicted octanol–water partition coefficient (Wildman–Crippen LogP) is 1.81. The van der Waals surface area contributed by atoms with Gasteiger partial charge in [-0.05, 0) is 44.2 Å². The number of amides is 2. The lowest BCUT2D eigenvalue weighted by molar-refractivity contribution is -0.126. The van der Waals surface area contributed by atoms with Crippen molar-refractivity contribution in [3.63, 3.8) is 0 Å². The second-order valence-electron chi connectivity index (χ2n) is 7.77. The lowest BCUT2D eigenvalue weighted by Crippen LogP contribution is -2.51. The van der Waals surface area contributed by atoms with Gasteiger partial charge in [-0.15, -0.1) is 0 Å². The minimum Gasteiger partial charge on any atom is -0.394 e. The van der Waals surface area contributed by atoms with Crippen LogP contribution in [0.1, 0.15) is 61.9 Å². The topological polar surface area (TPSA) is 101 Å². The van der Waals surface area contributed by atoms with E-state index in [-0.39, 0.29) is 36.5 Å². The Hall–Kier alpha value is -1.99. The number of hydrogen-bond acceptors (Lipinski definition) is 5. The number of carbonyl (C=O) groups excluding carboxylic acids is 2. The van der Waals surface area contributed by atoms with Gasteiger partial charge in [-0.2, -0.15) is 0 Å². The second kappa shape index (κ2) is 10.5. The van der Waals surface area contributed by atoms with Crippen LogP contribution in [0.2, 0.25) is 0 Å². The molecule has 2 heterocycles. The maximum absolute atomic E-state index is 12.3. The van der Waals surface area contributed by atoms with Crippen molar-refractivity contribution < 1.29 is 19.4 Å². The Labute approximate surface area is 166 Å². The third-order valence-corrected chi connectivity index (χ3v) is 5.75. The van der Waals surface area contributed by atoms with Gasteiger partial charge in [0.2, 0.25) is 5.91 Å². The molecule has 2 fully saturated rings. The Morgan fingerprint density at radius 2 is 1.96 bits per heavy atom. The highest BCUT2D eigenvalue weighted by Gasteiger charge is 2.32. The van der Waals surface area contributed by atoms with Gasteiger partial charge in [-0.25, -0.2) is 0 Å². The Morgan fingerprint density at radius 3 is 2.68 bits per heavy atom. The summed E-state index contributed by atoms with van der Waals surface area (Å²) >= 11 is 0. The quantitative estimate of drug-likeness (QED) is 0.660. The van der Waals surface area contributed by atoms with Gasteiger partial charge in [0.1, 0.15) is 11.8 Å². The lowest BCUT2D eigenvalue weighted by Gasteiger charge is -2.36. The fraction of sp³-hybridized carbons (Fsp3) is 0.667. The van der Waals surface area contributed by atoms with Gasteiger partial charge in [0.25, 0.3) is 5.91 Å². The predicted molar refractivity (Wildman–Crippen MR) is 105 cm³/mol. The van der Waals surface area contributed by atoms with Crippen molar-refractivity contribution in [3.8, 4) is 0 Å². The first kappa shape index (κ1) is 20.7. The number of aliphatic hydroxyl groups is 1. The fourth-order valence-electron chi connectivity index (χ4n) is 4.11. The standard InChI is InChI=1S/C21H31N3O4/c25-14-19-17(24-21(27)18-8-4-5-12-22-18)10-9-16(28-19)11-13-23-20(26)15-6-2-1-3-7-15/h4-5,8,12,15-17,19,25H,1-3,6-7,9-11,13-14H2,(H,23,26)(H,24,27)/t16-,17-,19+/m1/s1. The minimum absolute atomic E-state index is 0.0215. The van der Waals surface area contributed by atoms with Crippen molar-refractivity contribution in [1.82, 2.24) is 15.6 Å². The summed E-state index contributed by atoms with van der Waals surface area (Å²) in [6.07, 6.45) is 8.86. The molecule has 1 aromatic rings. The molecule has 1 aliphatic carbocycles. The van der Waals surface area contributed by atoms with Crippen molar-refractivity contribution in [2.24, 2.45) is 5.92 Å². The van der Waals surface area contributed by atoms with Crippen molar-refractivity contribution in [2.45, 2.75) is 69.6 Å². The smallest absolute Gasteiger partial charge is 0.270 e. The van der Waals surface area contributed by atoms with Crippen molar-refractivity contribution in [1.29, 1.82) is 0 Å². The van der Waals surface area contributed by atoms with Gasteiger partial charge in [-0.1, -0.05) is 25.3 Å². The van der Waals surface area contributed by atoms with Crippen molar-refractivity contribution >= 4 is 11.8 Å². The molecule has 1 saturated carbocycles. The first-order valence-electron chi connectivity index (χ1n) is 10.4. The molecule has 0 aromatic carbocycles. The highest BCUT2D eigenvalue weighted by atomic mass is 16.5. The van der Waals surface area contributed by atoms with E-state index in [1.165, 1.54) is 6.42 Å². The van der Waals surface area contributed by atoms with E-state index >= 15 is 0 Å². The molecule has 1 saturated heterocycles. The molecule has 1 aliphatic heterocycles. The molecule has 28 heavy (non-hydrogen) atoms. The van der Waals surface area contributed by atoms with Crippen LogP contribution in [-0.2, 0) is 9.53 Å². The van der Waals surface area contributed by atoms with Gasteiger partial charge in [0.05, 0.1) is 18.8 Å². The van der Waals surface area contributed by atoms with Crippen LogP contribution < -0.4 is 10.6 Å². The molecule has 7 nitrogen and oxygen atoms in total. The molecule has 0 bridgehead atoms. The number of rotatable bonds is 7. The Balaban J connectivity index is 1.41. The van der Waals surface area contributed by atoms with E-state index in [1.54, 1.807) is 24.4 Å².